The molecule has 0 saturated carbocycles. The van der Waals surface area contributed by atoms with Gasteiger partial charge in [-0.25, -0.2) is 4.98 Å². The maximum atomic E-state index is 12.1. The molecule has 1 heterocycles. The Bertz CT molecular complexity index is 481. The zero-order chi connectivity index (χ0) is 16.0. The fraction of sp³-hybridized carbons (Fsp3) is 0.667. The third-order valence-electron chi connectivity index (χ3n) is 2.64. The van der Waals surface area contributed by atoms with Gasteiger partial charge in [0.15, 0.2) is 0 Å². The van der Waals surface area contributed by atoms with Crippen molar-refractivity contribution in [3.8, 4) is 0 Å². The Kier molecular flexibility index (Phi) is 5.93. The number of carbonyl (C=O) groups excluding carboxylic acids is 1. The molecule has 0 saturated heterocycles. The maximum absolute atomic E-state index is 12.1. The van der Waals surface area contributed by atoms with Gasteiger partial charge in [0.25, 0.3) is 0 Å². The van der Waals surface area contributed by atoms with E-state index in [1.807, 2.05) is 40.7 Å². The largest absolute Gasteiger partial charge is 0.358 e. The van der Waals surface area contributed by atoms with Gasteiger partial charge >= 0.3 is 0 Å². The van der Waals surface area contributed by atoms with Crippen molar-refractivity contribution in [2.45, 2.75) is 59.5 Å². The van der Waals surface area contributed by atoms with Crippen molar-refractivity contribution < 1.29 is 4.79 Å². The number of aryl methyl sites for hydroxylation is 1. The maximum Gasteiger partial charge on any atom is 0.242 e. The van der Waals surface area contributed by atoms with Gasteiger partial charge < -0.3 is 16.0 Å². The van der Waals surface area contributed by atoms with Crippen LogP contribution in [0, 0.1) is 6.92 Å². The van der Waals surface area contributed by atoms with Gasteiger partial charge in [-0.15, -0.1) is 0 Å². The highest BCUT2D eigenvalue weighted by molar-refractivity contribution is 5.84. The standard InChI is InChI=1S/C15H27N5O/c1-7-8-16-14-17-10(2)9-12(19-14)18-11(3)13(21)20-15(4,5)6/h9,11H,7-8H2,1-6H3,(H,20,21)(H2,16,17,18,19). The van der Waals surface area contributed by atoms with Gasteiger partial charge in [-0.05, 0) is 41.0 Å². The molecule has 118 valence electrons. The summed E-state index contributed by atoms with van der Waals surface area (Å²) in [5.74, 6) is 1.18. The second-order valence-corrected chi connectivity index (χ2v) is 6.25. The molecule has 0 aromatic carbocycles. The van der Waals surface area contributed by atoms with E-state index >= 15 is 0 Å². The van der Waals surface area contributed by atoms with Gasteiger partial charge in [0.1, 0.15) is 11.9 Å². The fourth-order valence-electron chi connectivity index (χ4n) is 1.72. The molecule has 0 bridgehead atoms. The number of amides is 1. The lowest BCUT2D eigenvalue weighted by Crippen LogP contribution is -2.47. The number of nitrogens with zero attached hydrogens (tertiary/aromatic N) is 2. The van der Waals surface area contributed by atoms with E-state index in [-0.39, 0.29) is 17.5 Å². The zero-order valence-electron chi connectivity index (χ0n) is 13.9. The second kappa shape index (κ2) is 7.24. The minimum atomic E-state index is -0.363. The van der Waals surface area contributed by atoms with Crippen LogP contribution >= 0.6 is 0 Å². The summed E-state index contributed by atoms with van der Waals surface area (Å²) in [7, 11) is 0. The average Bonchev–Trinajstić information content (AvgIpc) is 2.33. The van der Waals surface area contributed by atoms with E-state index in [0.29, 0.717) is 11.8 Å². The van der Waals surface area contributed by atoms with Gasteiger partial charge in [0.2, 0.25) is 11.9 Å². The Morgan fingerprint density at radius 1 is 1.33 bits per heavy atom. The lowest BCUT2D eigenvalue weighted by Gasteiger charge is -2.24. The van der Waals surface area contributed by atoms with Crippen LogP contribution in [0.2, 0.25) is 0 Å². The van der Waals surface area contributed by atoms with Crippen LogP contribution in [0.3, 0.4) is 0 Å². The Morgan fingerprint density at radius 2 is 2.00 bits per heavy atom. The lowest BCUT2D eigenvalue weighted by molar-refractivity contribution is -0.122. The molecule has 3 N–H and O–H groups in total. The first-order chi connectivity index (χ1) is 9.71. The molecule has 0 aliphatic carbocycles. The summed E-state index contributed by atoms with van der Waals surface area (Å²) in [4.78, 5) is 20.8. The summed E-state index contributed by atoms with van der Waals surface area (Å²) >= 11 is 0. The molecule has 0 radical (unpaired) electrons. The van der Waals surface area contributed by atoms with Crippen LogP contribution in [0.1, 0.15) is 46.7 Å². The second-order valence-electron chi connectivity index (χ2n) is 6.25. The monoisotopic (exact) mass is 293 g/mol. The normalized spacial score (nSPS) is 12.7. The third kappa shape index (κ3) is 6.42. The number of anilines is 2. The molecule has 1 unspecified atom stereocenters. The van der Waals surface area contributed by atoms with E-state index < -0.39 is 0 Å². The number of rotatable bonds is 6. The molecule has 0 aliphatic rings. The first-order valence-corrected chi connectivity index (χ1v) is 7.39. The first kappa shape index (κ1) is 17.2. The molecule has 1 aromatic heterocycles. The highest BCUT2D eigenvalue weighted by atomic mass is 16.2. The topological polar surface area (TPSA) is 78.9 Å². The molecule has 6 nitrogen and oxygen atoms in total. The summed E-state index contributed by atoms with van der Waals surface area (Å²) in [5.41, 5.74) is 0.608. The number of carbonyl (C=O) groups is 1. The Morgan fingerprint density at radius 3 is 2.57 bits per heavy atom. The van der Waals surface area contributed by atoms with Crippen LogP contribution < -0.4 is 16.0 Å². The van der Waals surface area contributed by atoms with E-state index in [4.69, 9.17) is 0 Å². The molecule has 1 amide bonds. The van der Waals surface area contributed by atoms with Crippen molar-refractivity contribution in [3.05, 3.63) is 11.8 Å². The summed E-state index contributed by atoms with van der Waals surface area (Å²) in [6.45, 7) is 12.5. The fourth-order valence-corrected chi connectivity index (χ4v) is 1.72. The molecule has 21 heavy (non-hydrogen) atoms. The van der Waals surface area contributed by atoms with E-state index in [1.54, 1.807) is 0 Å². The Labute approximate surface area is 127 Å². The molecular formula is C15H27N5O. The number of hydrogen-bond acceptors (Lipinski definition) is 5. The highest BCUT2D eigenvalue weighted by Gasteiger charge is 2.19. The minimum absolute atomic E-state index is 0.0539. The van der Waals surface area contributed by atoms with Crippen molar-refractivity contribution >= 4 is 17.7 Å². The lowest BCUT2D eigenvalue weighted by atomic mass is 10.1. The van der Waals surface area contributed by atoms with Crippen LogP contribution in [-0.2, 0) is 4.79 Å². The minimum Gasteiger partial charge on any atom is -0.358 e. The molecule has 0 spiro atoms. The van der Waals surface area contributed by atoms with Gasteiger partial charge in [-0.3, -0.25) is 4.79 Å². The van der Waals surface area contributed by atoms with E-state index in [2.05, 4.69) is 32.8 Å². The van der Waals surface area contributed by atoms with Crippen LogP contribution in [0.15, 0.2) is 6.07 Å². The van der Waals surface area contributed by atoms with Gasteiger partial charge in [-0.2, -0.15) is 4.98 Å². The first-order valence-electron chi connectivity index (χ1n) is 7.39. The van der Waals surface area contributed by atoms with Crippen LogP contribution in [0.25, 0.3) is 0 Å². The summed E-state index contributed by atoms with van der Waals surface area (Å²) in [5, 5.41) is 9.21. The summed E-state index contributed by atoms with van der Waals surface area (Å²) in [6.07, 6.45) is 1.00. The van der Waals surface area contributed by atoms with Crippen molar-refractivity contribution in [1.29, 1.82) is 0 Å². The number of hydrogen-bond donors (Lipinski definition) is 3. The van der Waals surface area contributed by atoms with E-state index in [9.17, 15) is 4.79 Å². The smallest absolute Gasteiger partial charge is 0.242 e. The molecule has 1 rings (SSSR count). The molecule has 0 fully saturated rings. The predicted molar refractivity (Wildman–Crippen MR) is 86.5 cm³/mol. The Balaban J connectivity index is 2.73. The molecule has 1 atom stereocenters. The quantitative estimate of drug-likeness (QED) is 0.750. The molecule has 6 heteroatoms. The third-order valence-corrected chi connectivity index (χ3v) is 2.64. The van der Waals surface area contributed by atoms with E-state index in [1.165, 1.54) is 0 Å². The number of aromatic nitrogens is 2. The van der Waals surface area contributed by atoms with Crippen molar-refractivity contribution in [3.63, 3.8) is 0 Å². The molecule has 1 aromatic rings. The van der Waals surface area contributed by atoms with Crippen molar-refractivity contribution in [2.24, 2.45) is 0 Å². The average molecular weight is 293 g/mol. The SMILES string of the molecule is CCCNc1nc(C)cc(NC(C)C(=O)NC(C)(C)C)n1. The van der Waals surface area contributed by atoms with Gasteiger partial charge in [0, 0.05) is 23.8 Å². The van der Waals surface area contributed by atoms with E-state index in [0.717, 1.165) is 18.7 Å². The van der Waals surface area contributed by atoms with Crippen LogP contribution in [0.4, 0.5) is 11.8 Å². The number of nitrogens with one attached hydrogen (secondary N) is 3. The van der Waals surface area contributed by atoms with Gasteiger partial charge in [-0.1, -0.05) is 6.92 Å². The molecular weight excluding hydrogens is 266 g/mol. The van der Waals surface area contributed by atoms with Crippen molar-refractivity contribution in [1.82, 2.24) is 15.3 Å². The molecule has 0 aliphatic heterocycles. The predicted octanol–water partition coefficient (Wildman–Crippen LogP) is 2.32. The van der Waals surface area contributed by atoms with Gasteiger partial charge in [0.05, 0.1) is 0 Å². The van der Waals surface area contributed by atoms with Crippen LogP contribution in [-0.4, -0.2) is 34.0 Å². The summed E-state index contributed by atoms with van der Waals surface area (Å²) in [6, 6.07) is 1.47. The van der Waals surface area contributed by atoms with Crippen LogP contribution in [0.5, 0.6) is 0 Å². The highest BCUT2D eigenvalue weighted by Crippen LogP contribution is 2.11. The summed E-state index contributed by atoms with van der Waals surface area (Å²) < 4.78 is 0. The van der Waals surface area contributed by atoms with Crippen molar-refractivity contribution in [2.75, 3.05) is 17.2 Å². The zero-order valence-corrected chi connectivity index (χ0v) is 13.9. The Hall–Kier alpha value is -1.85.